The van der Waals surface area contributed by atoms with Gasteiger partial charge in [0.15, 0.2) is 12.2 Å². The number of aliphatic hydroxyl groups is 1. The summed E-state index contributed by atoms with van der Waals surface area (Å²) in [6.07, 6.45) is 65.3. The minimum atomic E-state index is -4.96. The first kappa shape index (κ1) is 98.1. The number of rotatable bonds is 81. The molecule has 3 N–H and O–H groups in total. The minimum Gasteiger partial charge on any atom is -0.462 e. The SMILES string of the molecule is CCCCCCCCCCCCCCCCCCCCCC(=O)OC[C@H](COP(=O)(O)OC[C@@H](O)COP(=O)(O)OC[C@@H](COC(=O)CCCCCCCCCCCCC)OC(=O)CCCCCCCCCCC(C)C)OC(=O)CCCCCCCCCCCCCCCCCCCCC. The smallest absolute Gasteiger partial charge is 0.462 e. The monoisotopic (exact) mass is 1470 g/mol. The van der Waals surface area contributed by atoms with E-state index in [9.17, 15) is 43.2 Å². The first-order valence-corrected chi connectivity index (χ1v) is 45.1. The van der Waals surface area contributed by atoms with Crippen LogP contribution in [0.4, 0.5) is 0 Å². The molecule has 0 rings (SSSR count). The highest BCUT2D eigenvalue weighted by molar-refractivity contribution is 7.47. The summed E-state index contributed by atoms with van der Waals surface area (Å²) < 4.78 is 68.7. The molecule has 5 atom stereocenters. The largest absolute Gasteiger partial charge is 0.472 e. The Morgan fingerprint density at radius 1 is 0.270 bits per heavy atom. The molecule has 0 amide bonds. The molecule has 19 heteroatoms. The number of phosphoric ester groups is 2. The van der Waals surface area contributed by atoms with Crippen molar-refractivity contribution >= 4 is 39.5 Å². The molecule has 0 aromatic carbocycles. The van der Waals surface area contributed by atoms with Gasteiger partial charge in [0.05, 0.1) is 26.4 Å². The van der Waals surface area contributed by atoms with Crippen LogP contribution in [0.25, 0.3) is 0 Å². The van der Waals surface area contributed by atoms with Gasteiger partial charge in [0.25, 0.3) is 0 Å². The molecule has 100 heavy (non-hydrogen) atoms. The van der Waals surface area contributed by atoms with Crippen LogP contribution in [-0.4, -0.2) is 96.7 Å². The number of ether oxygens (including phenoxy) is 4. The molecule has 17 nitrogen and oxygen atoms in total. The number of hydrogen-bond donors (Lipinski definition) is 3. The van der Waals surface area contributed by atoms with Crippen molar-refractivity contribution in [1.29, 1.82) is 0 Å². The molecule has 0 aliphatic rings. The van der Waals surface area contributed by atoms with Crippen LogP contribution in [0.2, 0.25) is 0 Å². The van der Waals surface area contributed by atoms with E-state index in [2.05, 4.69) is 34.6 Å². The number of phosphoric acid groups is 2. The van der Waals surface area contributed by atoms with Gasteiger partial charge in [0.2, 0.25) is 0 Å². The number of carbonyl (C=O) groups excluding carboxylic acids is 4. The maximum atomic E-state index is 13.1. The van der Waals surface area contributed by atoms with Crippen LogP contribution >= 0.6 is 15.6 Å². The lowest BCUT2D eigenvalue weighted by Gasteiger charge is -2.21. The van der Waals surface area contributed by atoms with Crippen LogP contribution in [-0.2, 0) is 65.4 Å². The van der Waals surface area contributed by atoms with Gasteiger partial charge >= 0.3 is 39.5 Å². The third kappa shape index (κ3) is 74.3. The Balaban J connectivity index is 5.21. The summed E-state index contributed by atoms with van der Waals surface area (Å²) in [4.78, 5) is 73.0. The Bertz CT molecular complexity index is 1910. The summed E-state index contributed by atoms with van der Waals surface area (Å²) in [6.45, 7) is 7.28. The fraction of sp³-hybridized carbons (Fsp3) is 0.951. The predicted molar refractivity (Wildman–Crippen MR) is 409 cm³/mol. The molecule has 0 aromatic heterocycles. The van der Waals surface area contributed by atoms with E-state index in [0.29, 0.717) is 25.7 Å². The van der Waals surface area contributed by atoms with E-state index < -0.39 is 97.5 Å². The predicted octanol–water partition coefficient (Wildman–Crippen LogP) is 24.4. The lowest BCUT2D eigenvalue weighted by Crippen LogP contribution is -2.30. The normalized spacial score (nSPS) is 13.8. The Hall–Kier alpha value is -1.94. The van der Waals surface area contributed by atoms with Gasteiger partial charge in [-0.2, -0.15) is 0 Å². The Labute approximate surface area is 613 Å². The van der Waals surface area contributed by atoms with Crippen LogP contribution in [0.3, 0.4) is 0 Å². The molecule has 0 radical (unpaired) electrons. The number of esters is 4. The van der Waals surface area contributed by atoms with Gasteiger partial charge in [-0.25, -0.2) is 9.13 Å². The topological polar surface area (TPSA) is 237 Å². The van der Waals surface area contributed by atoms with Crippen LogP contribution in [0, 0.1) is 5.92 Å². The van der Waals surface area contributed by atoms with Crippen LogP contribution in [0.1, 0.15) is 433 Å². The number of hydrogen-bond acceptors (Lipinski definition) is 15. The summed E-state index contributed by atoms with van der Waals surface area (Å²) in [5, 5.41) is 10.6. The number of unbranched alkanes of at least 4 members (excludes halogenated alkanes) is 53. The highest BCUT2D eigenvalue weighted by Crippen LogP contribution is 2.45. The Kier molecular flexibility index (Phi) is 72.5. The molecule has 0 fully saturated rings. The summed E-state index contributed by atoms with van der Waals surface area (Å²) in [5.74, 6) is -1.39. The summed E-state index contributed by atoms with van der Waals surface area (Å²) >= 11 is 0. The van der Waals surface area contributed by atoms with E-state index in [4.69, 9.17) is 37.0 Å². The third-order valence-electron chi connectivity index (χ3n) is 19.0. The lowest BCUT2D eigenvalue weighted by atomic mass is 10.0. The van der Waals surface area contributed by atoms with E-state index in [-0.39, 0.29) is 25.7 Å². The van der Waals surface area contributed by atoms with E-state index in [1.807, 2.05) is 0 Å². The first-order valence-electron chi connectivity index (χ1n) is 42.1. The molecule has 0 saturated carbocycles. The Morgan fingerprint density at radius 2 is 0.460 bits per heavy atom. The average molecular weight is 1470 g/mol. The van der Waals surface area contributed by atoms with Crippen molar-refractivity contribution < 1.29 is 80.2 Å². The molecule has 0 aliphatic heterocycles. The van der Waals surface area contributed by atoms with Crippen molar-refractivity contribution in [3.63, 3.8) is 0 Å². The highest BCUT2D eigenvalue weighted by atomic mass is 31.2. The zero-order valence-electron chi connectivity index (χ0n) is 65.3. The first-order chi connectivity index (χ1) is 48.5. The lowest BCUT2D eigenvalue weighted by molar-refractivity contribution is -0.161. The third-order valence-corrected chi connectivity index (χ3v) is 20.9. The maximum Gasteiger partial charge on any atom is 0.472 e. The van der Waals surface area contributed by atoms with Gasteiger partial charge in [-0.15, -0.1) is 0 Å². The molecule has 0 spiro atoms. The summed E-state index contributed by atoms with van der Waals surface area (Å²) in [5.41, 5.74) is 0. The number of carbonyl (C=O) groups is 4. The van der Waals surface area contributed by atoms with Crippen LogP contribution in [0.5, 0.6) is 0 Å². The van der Waals surface area contributed by atoms with Gasteiger partial charge in [-0.05, 0) is 31.6 Å². The second kappa shape index (κ2) is 73.9. The second-order valence-electron chi connectivity index (χ2n) is 29.6. The molecule has 0 aliphatic carbocycles. The second-order valence-corrected chi connectivity index (χ2v) is 32.5. The van der Waals surface area contributed by atoms with Crippen molar-refractivity contribution in [1.82, 2.24) is 0 Å². The fourth-order valence-corrected chi connectivity index (χ4v) is 14.2. The maximum absolute atomic E-state index is 13.1. The van der Waals surface area contributed by atoms with Crippen molar-refractivity contribution in [2.24, 2.45) is 5.92 Å². The van der Waals surface area contributed by atoms with Gasteiger partial charge in [-0.3, -0.25) is 37.3 Å². The Morgan fingerprint density at radius 3 is 0.680 bits per heavy atom. The molecule has 0 bridgehead atoms. The summed E-state index contributed by atoms with van der Waals surface area (Å²) in [6, 6.07) is 0. The molecule has 0 saturated heterocycles. The van der Waals surface area contributed by atoms with Crippen LogP contribution in [0.15, 0.2) is 0 Å². The molecule has 2 unspecified atom stereocenters. The molecular weight excluding hydrogens is 1310 g/mol. The highest BCUT2D eigenvalue weighted by Gasteiger charge is 2.30. The van der Waals surface area contributed by atoms with Crippen molar-refractivity contribution in [2.45, 2.75) is 451 Å². The zero-order valence-corrected chi connectivity index (χ0v) is 67.1. The van der Waals surface area contributed by atoms with Gasteiger partial charge < -0.3 is 33.8 Å². The average Bonchev–Trinajstić information content (AvgIpc) is 0.977. The quantitative estimate of drug-likeness (QED) is 0.0222. The molecule has 0 aromatic rings. The summed E-state index contributed by atoms with van der Waals surface area (Å²) in [7, 11) is -9.92. The molecule has 0 heterocycles. The standard InChI is InChI=1S/C81H158O17P2/c1-6-9-12-15-18-21-24-26-28-30-32-34-36-38-41-44-50-55-60-65-79(84)92-70-76(97-80(85)66-61-56-51-45-42-39-37-35-33-31-29-27-25-22-19-16-13-10-7-2)72-95-99(87,88)93-68-75(82)69-94-100(89,90)96-73-77(98-81(86)67-62-57-52-47-46-48-53-58-63-74(4)5)71-91-78(83)64-59-54-49-43-40-23-20-17-14-11-8-3/h74-77,82H,6-73H2,1-5H3,(H,87,88)(H,89,90)/t75-,76-,77-/m1/s1. The number of aliphatic hydroxyl groups excluding tert-OH is 1. The van der Waals surface area contributed by atoms with Gasteiger partial charge in [-0.1, -0.05) is 381 Å². The van der Waals surface area contributed by atoms with Crippen LogP contribution < -0.4 is 0 Å². The van der Waals surface area contributed by atoms with E-state index in [0.717, 1.165) is 95.8 Å². The van der Waals surface area contributed by atoms with E-state index >= 15 is 0 Å². The van der Waals surface area contributed by atoms with Crippen molar-refractivity contribution in [3.05, 3.63) is 0 Å². The van der Waals surface area contributed by atoms with E-state index in [1.54, 1.807) is 0 Å². The van der Waals surface area contributed by atoms with Crippen molar-refractivity contribution in [2.75, 3.05) is 39.6 Å². The fourth-order valence-electron chi connectivity index (χ4n) is 12.6. The molecular formula is C81H158O17P2. The van der Waals surface area contributed by atoms with Crippen molar-refractivity contribution in [3.8, 4) is 0 Å². The van der Waals surface area contributed by atoms with Gasteiger partial charge in [0, 0.05) is 25.7 Å². The van der Waals surface area contributed by atoms with Gasteiger partial charge in [0.1, 0.15) is 19.3 Å². The van der Waals surface area contributed by atoms with E-state index in [1.165, 1.54) is 257 Å². The zero-order chi connectivity index (χ0) is 73.4. The molecule has 594 valence electrons. The minimum absolute atomic E-state index is 0.105.